The van der Waals surface area contributed by atoms with Crippen LogP contribution in [0.4, 0.5) is 5.82 Å². The number of anilines is 1. The van der Waals surface area contributed by atoms with Crippen LogP contribution in [0.1, 0.15) is 23.6 Å². The Hall–Kier alpha value is -2.81. The van der Waals surface area contributed by atoms with Crippen LogP contribution < -0.4 is 5.73 Å². The molecule has 0 spiro atoms. The van der Waals surface area contributed by atoms with E-state index in [0.717, 1.165) is 32.7 Å². The number of hydrogen-bond acceptors (Lipinski definition) is 5. The molecule has 3 N–H and O–H groups in total. The van der Waals surface area contributed by atoms with Gasteiger partial charge in [-0.05, 0) is 52.8 Å². The van der Waals surface area contributed by atoms with Gasteiger partial charge in [0.05, 0.1) is 11.1 Å². The van der Waals surface area contributed by atoms with Gasteiger partial charge in [-0.25, -0.2) is 4.98 Å². The topological polar surface area (TPSA) is 71.5 Å². The zero-order chi connectivity index (χ0) is 19.7. The van der Waals surface area contributed by atoms with Gasteiger partial charge in [0, 0.05) is 23.8 Å². The molecule has 0 aliphatic carbocycles. The Balaban J connectivity index is 1.69. The third kappa shape index (κ3) is 3.62. The monoisotopic (exact) mass is 387 g/mol. The number of rotatable bonds is 4. The molecule has 0 amide bonds. The summed E-state index contributed by atoms with van der Waals surface area (Å²) in [5.74, 6) is 3.76. The summed E-state index contributed by atoms with van der Waals surface area (Å²) in [4.78, 5) is 8.98. The van der Waals surface area contributed by atoms with Crippen LogP contribution in [0, 0.1) is 19.3 Å². The fraction of sp³-hybridized carbons (Fsp3) is 0.217. The largest absolute Gasteiger partial charge is 0.383 e. The van der Waals surface area contributed by atoms with Crippen molar-refractivity contribution in [1.29, 1.82) is 0 Å². The van der Waals surface area contributed by atoms with Gasteiger partial charge in [0.15, 0.2) is 0 Å². The standard InChI is InChI=1S/C23H21N3OS/c1-3-18(27)12-22-26-21(13-28-22)17-5-4-14(2)19(11-17)16-7-6-15-8-9-25-23(24)20(15)10-16/h1,4-11,18,21,27H,12-13H2,2H3,(H2,24,25)/t18-,21-/m0/s1. The maximum atomic E-state index is 9.67. The molecule has 28 heavy (non-hydrogen) atoms. The van der Waals surface area contributed by atoms with Crippen LogP contribution in [0.25, 0.3) is 21.9 Å². The molecular weight excluding hydrogens is 366 g/mol. The molecule has 0 unspecified atom stereocenters. The van der Waals surface area contributed by atoms with Crippen LogP contribution in [0.15, 0.2) is 53.7 Å². The molecule has 140 valence electrons. The number of thioether (sulfide) groups is 1. The fourth-order valence-corrected chi connectivity index (χ4v) is 4.54. The molecule has 1 aliphatic heterocycles. The number of pyridine rings is 1. The van der Waals surface area contributed by atoms with Crippen molar-refractivity contribution in [3.63, 3.8) is 0 Å². The molecule has 0 bridgehead atoms. The van der Waals surface area contributed by atoms with Crippen molar-refractivity contribution >= 4 is 33.4 Å². The highest BCUT2D eigenvalue weighted by Gasteiger charge is 2.22. The summed E-state index contributed by atoms with van der Waals surface area (Å²) in [5.41, 5.74) is 10.7. The lowest BCUT2D eigenvalue weighted by Gasteiger charge is -2.13. The zero-order valence-corrected chi connectivity index (χ0v) is 16.4. The smallest absolute Gasteiger partial charge is 0.131 e. The summed E-state index contributed by atoms with van der Waals surface area (Å²) < 4.78 is 0. The summed E-state index contributed by atoms with van der Waals surface area (Å²) in [5, 5.41) is 12.6. The van der Waals surface area contributed by atoms with Crippen LogP contribution in [0.5, 0.6) is 0 Å². The van der Waals surface area contributed by atoms with Gasteiger partial charge in [0.25, 0.3) is 0 Å². The van der Waals surface area contributed by atoms with Gasteiger partial charge in [-0.1, -0.05) is 30.2 Å². The summed E-state index contributed by atoms with van der Waals surface area (Å²) in [6.45, 7) is 2.11. The Bertz CT molecular complexity index is 1120. The SMILES string of the molecule is C#C[C@H](O)CC1=N[C@H](c2ccc(C)c(-c3ccc4ccnc(N)c4c3)c2)CS1. The molecule has 1 aliphatic rings. The zero-order valence-electron chi connectivity index (χ0n) is 15.6. The van der Waals surface area contributed by atoms with E-state index in [-0.39, 0.29) is 6.04 Å². The van der Waals surface area contributed by atoms with Crippen LogP contribution in [-0.2, 0) is 0 Å². The Morgan fingerprint density at radius 1 is 1.29 bits per heavy atom. The van der Waals surface area contributed by atoms with Crippen molar-refractivity contribution in [1.82, 2.24) is 4.98 Å². The quantitative estimate of drug-likeness (QED) is 0.653. The molecule has 2 heterocycles. The number of terminal acetylenes is 1. The molecule has 0 saturated heterocycles. The predicted molar refractivity (Wildman–Crippen MR) is 118 cm³/mol. The van der Waals surface area contributed by atoms with Crippen molar-refractivity contribution in [2.24, 2.45) is 4.99 Å². The van der Waals surface area contributed by atoms with E-state index in [9.17, 15) is 5.11 Å². The van der Waals surface area contributed by atoms with Crippen LogP contribution in [0.3, 0.4) is 0 Å². The van der Waals surface area contributed by atoms with Gasteiger partial charge in [0.2, 0.25) is 0 Å². The molecule has 0 radical (unpaired) electrons. The maximum Gasteiger partial charge on any atom is 0.131 e. The molecule has 4 rings (SSSR count). The van der Waals surface area contributed by atoms with Gasteiger partial charge < -0.3 is 10.8 Å². The minimum atomic E-state index is -0.768. The molecule has 0 fully saturated rings. The number of benzene rings is 2. The Kier molecular flexibility index (Phi) is 5.08. The number of nitrogen functional groups attached to an aromatic ring is 1. The Labute approximate surface area is 168 Å². The van der Waals surface area contributed by atoms with Crippen molar-refractivity contribution < 1.29 is 5.11 Å². The normalized spacial score (nSPS) is 17.3. The van der Waals surface area contributed by atoms with E-state index in [1.165, 1.54) is 11.1 Å². The van der Waals surface area contributed by atoms with E-state index in [0.29, 0.717) is 12.2 Å². The highest BCUT2D eigenvalue weighted by atomic mass is 32.2. The van der Waals surface area contributed by atoms with E-state index in [1.54, 1.807) is 18.0 Å². The Morgan fingerprint density at radius 2 is 2.14 bits per heavy atom. The lowest BCUT2D eigenvalue weighted by molar-refractivity contribution is 0.242. The maximum absolute atomic E-state index is 9.67. The van der Waals surface area contributed by atoms with Gasteiger partial charge in [-0.3, -0.25) is 4.99 Å². The average molecular weight is 388 g/mol. The first-order chi connectivity index (χ1) is 13.5. The van der Waals surface area contributed by atoms with Gasteiger partial charge in [-0.15, -0.1) is 18.2 Å². The first-order valence-electron chi connectivity index (χ1n) is 9.14. The second kappa shape index (κ2) is 7.67. The minimum Gasteiger partial charge on any atom is -0.383 e. The van der Waals surface area contributed by atoms with Crippen molar-refractivity contribution in [3.05, 3.63) is 59.8 Å². The van der Waals surface area contributed by atoms with Crippen LogP contribution >= 0.6 is 11.8 Å². The van der Waals surface area contributed by atoms with Crippen molar-refractivity contribution in [3.8, 4) is 23.5 Å². The number of hydrogen-bond donors (Lipinski definition) is 2. The average Bonchev–Trinajstić information content (AvgIpc) is 3.17. The summed E-state index contributed by atoms with van der Waals surface area (Å²) in [6.07, 6.45) is 6.65. The molecule has 2 atom stereocenters. The third-order valence-corrected chi connectivity index (χ3v) is 6.11. The number of aliphatic hydroxyl groups excluding tert-OH is 1. The van der Waals surface area contributed by atoms with Gasteiger partial charge in [-0.2, -0.15) is 0 Å². The molecule has 0 saturated carbocycles. The third-order valence-electron chi connectivity index (χ3n) is 5.02. The first kappa shape index (κ1) is 18.5. The second-order valence-corrected chi connectivity index (χ2v) is 8.04. The predicted octanol–water partition coefficient (Wildman–Crippen LogP) is 4.36. The van der Waals surface area contributed by atoms with Gasteiger partial charge in [0.1, 0.15) is 11.9 Å². The fourth-order valence-electron chi connectivity index (χ4n) is 3.45. The molecular formula is C23H21N3OS. The van der Waals surface area contributed by atoms with Crippen LogP contribution in [-0.4, -0.2) is 27.0 Å². The number of aliphatic imine (C=N–C) groups is 1. The lowest BCUT2D eigenvalue weighted by Crippen LogP contribution is -2.06. The second-order valence-electron chi connectivity index (χ2n) is 6.94. The van der Waals surface area contributed by atoms with E-state index in [1.807, 2.05) is 6.07 Å². The molecule has 4 nitrogen and oxygen atoms in total. The van der Waals surface area contributed by atoms with E-state index in [4.69, 9.17) is 17.1 Å². The Morgan fingerprint density at radius 3 is 2.96 bits per heavy atom. The minimum absolute atomic E-state index is 0.0801. The van der Waals surface area contributed by atoms with E-state index >= 15 is 0 Å². The molecule has 1 aromatic heterocycles. The van der Waals surface area contributed by atoms with Crippen LogP contribution in [0.2, 0.25) is 0 Å². The van der Waals surface area contributed by atoms with Crippen molar-refractivity contribution in [2.45, 2.75) is 25.5 Å². The molecule has 2 aromatic carbocycles. The molecule has 5 heteroatoms. The molecule has 3 aromatic rings. The number of fused-ring (bicyclic) bond motifs is 1. The highest BCUT2D eigenvalue weighted by molar-refractivity contribution is 8.14. The number of aromatic nitrogens is 1. The first-order valence-corrected chi connectivity index (χ1v) is 10.1. The van der Waals surface area contributed by atoms with E-state index < -0.39 is 6.10 Å². The van der Waals surface area contributed by atoms with E-state index in [2.05, 4.69) is 54.2 Å². The lowest BCUT2D eigenvalue weighted by atomic mass is 9.94. The number of aryl methyl sites for hydroxylation is 1. The summed E-state index contributed by atoms with van der Waals surface area (Å²) in [7, 11) is 0. The number of aliphatic hydroxyl groups is 1. The summed E-state index contributed by atoms with van der Waals surface area (Å²) >= 11 is 1.67. The number of nitrogens with two attached hydrogens (primary N) is 1. The van der Waals surface area contributed by atoms with Gasteiger partial charge >= 0.3 is 0 Å². The number of nitrogens with zero attached hydrogens (tertiary/aromatic N) is 2. The van der Waals surface area contributed by atoms with Crippen molar-refractivity contribution in [2.75, 3.05) is 11.5 Å². The highest BCUT2D eigenvalue weighted by Crippen LogP contribution is 2.36. The summed E-state index contributed by atoms with van der Waals surface area (Å²) in [6, 6.07) is 14.8.